The number of para-hydroxylation sites is 1. The second-order valence-electron chi connectivity index (χ2n) is 9.35. The Kier molecular flexibility index (Phi) is 7.87. The quantitative estimate of drug-likeness (QED) is 0.391. The molecule has 194 valence electrons. The first-order valence-electron chi connectivity index (χ1n) is 12.1. The number of anilines is 1. The van der Waals surface area contributed by atoms with Gasteiger partial charge in [-0.2, -0.15) is 13.2 Å². The van der Waals surface area contributed by atoms with Crippen LogP contribution in [0.15, 0.2) is 53.4 Å². The zero-order valence-corrected chi connectivity index (χ0v) is 21.2. The van der Waals surface area contributed by atoms with Crippen LogP contribution in [-0.4, -0.2) is 51.4 Å². The van der Waals surface area contributed by atoms with Crippen molar-refractivity contribution in [3.63, 3.8) is 0 Å². The molecule has 6 nitrogen and oxygen atoms in total. The van der Waals surface area contributed by atoms with E-state index in [-0.39, 0.29) is 16.2 Å². The van der Waals surface area contributed by atoms with Gasteiger partial charge < -0.3 is 10.6 Å². The summed E-state index contributed by atoms with van der Waals surface area (Å²) in [5.74, 6) is 0.640. The lowest BCUT2D eigenvalue weighted by Gasteiger charge is -2.22. The van der Waals surface area contributed by atoms with Crippen LogP contribution < -0.4 is 10.6 Å². The number of aromatic nitrogens is 1. The largest absolute Gasteiger partial charge is 0.417 e. The van der Waals surface area contributed by atoms with Gasteiger partial charge in [0.05, 0.1) is 21.7 Å². The van der Waals surface area contributed by atoms with Gasteiger partial charge in [-0.15, -0.1) is 0 Å². The van der Waals surface area contributed by atoms with E-state index in [0.29, 0.717) is 23.7 Å². The highest BCUT2D eigenvalue weighted by Crippen LogP contribution is 2.39. The van der Waals surface area contributed by atoms with Gasteiger partial charge in [0.1, 0.15) is 0 Å². The molecule has 36 heavy (non-hydrogen) atoms. The number of hydrogen-bond donors (Lipinski definition) is 2. The first-order chi connectivity index (χ1) is 17.1. The molecule has 1 atom stereocenters. The predicted molar refractivity (Wildman–Crippen MR) is 136 cm³/mol. The molecule has 0 saturated carbocycles. The Morgan fingerprint density at radius 2 is 1.92 bits per heavy atom. The zero-order chi connectivity index (χ0) is 25.9. The molecule has 0 radical (unpaired) electrons. The minimum atomic E-state index is -4.68. The first kappa shape index (κ1) is 26.4. The highest BCUT2D eigenvalue weighted by molar-refractivity contribution is 7.89. The van der Waals surface area contributed by atoms with Crippen molar-refractivity contribution in [3.8, 4) is 11.3 Å². The van der Waals surface area contributed by atoms with Gasteiger partial charge in [-0.3, -0.25) is 0 Å². The Labute approximate surface area is 210 Å². The molecule has 2 heterocycles. The molecule has 0 bridgehead atoms. The fraction of sp³-hybridized carbons (Fsp3) is 0.423. The summed E-state index contributed by atoms with van der Waals surface area (Å²) in [7, 11) is -1.25. The molecular weight excluding hydrogens is 489 g/mol. The van der Waals surface area contributed by atoms with Crippen molar-refractivity contribution in [2.75, 3.05) is 39.0 Å². The number of halogens is 3. The smallest absolute Gasteiger partial charge is 0.384 e. The van der Waals surface area contributed by atoms with Gasteiger partial charge in [0.2, 0.25) is 10.0 Å². The molecule has 2 aromatic carbocycles. The number of pyridine rings is 1. The molecular formula is C26H31F3N4O2S. The number of sulfonamides is 1. The van der Waals surface area contributed by atoms with E-state index in [1.165, 1.54) is 26.9 Å². The normalized spacial score (nSPS) is 17.0. The minimum absolute atomic E-state index is 0.0656. The number of nitrogens with one attached hydrogen (secondary N) is 2. The molecule has 1 aliphatic heterocycles. The van der Waals surface area contributed by atoms with Crippen LogP contribution in [0.3, 0.4) is 0 Å². The summed E-state index contributed by atoms with van der Waals surface area (Å²) >= 11 is 0. The summed E-state index contributed by atoms with van der Waals surface area (Å²) in [6.07, 6.45) is -0.283. The molecule has 0 aliphatic carbocycles. The van der Waals surface area contributed by atoms with Crippen LogP contribution in [0, 0.1) is 5.92 Å². The summed E-state index contributed by atoms with van der Waals surface area (Å²) in [6, 6.07) is 11.7. The fourth-order valence-electron chi connectivity index (χ4n) is 4.60. The third kappa shape index (κ3) is 5.82. The van der Waals surface area contributed by atoms with Gasteiger partial charge in [0.15, 0.2) is 0 Å². The number of alkyl halides is 3. The third-order valence-electron chi connectivity index (χ3n) is 6.57. The van der Waals surface area contributed by atoms with Gasteiger partial charge in [-0.1, -0.05) is 18.2 Å². The number of benzene rings is 2. The number of rotatable bonds is 8. The molecule has 1 saturated heterocycles. The van der Waals surface area contributed by atoms with Crippen molar-refractivity contribution in [2.24, 2.45) is 5.92 Å². The van der Waals surface area contributed by atoms with Crippen LogP contribution in [0.2, 0.25) is 0 Å². The van der Waals surface area contributed by atoms with Crippen molar-refractivity contribution in [2.45, 2.75) is 36.8 Å². The Balaban J connectivity index is 1.72. The molecule has 3 aromatic rings. The Bertz CT molecular complexity index is 1320. The van der Waals surface area contributed by atoms with Gasteiger partial charge in [-0.25, -0.2) is 17.7 Å². The van der Waals surface area contributed by atoms with E-state index in [1.54, 1.807) is 18.2 Å². The Morgan fingerprint density at radius 3 is 2.61 bits per heavy atom. The van der Waals surface area contributed by atoms with Crippen LogP contribution in [-0.2, 0) is 16.2 Å². The van der Waals surface area contributed by atoms with Gasteiger partial charge in [0, 0.05) is 37.3 Å². The molecule has 1 aromatic heterocycles. The van der Waals surface area contributed by atoms with Crippen LogP contribution in [0.4, 0.5) is 18.9 Å². The molecule has 0 spiro atoms. The summed E-state index contributed by atoms with van der Waals surface area (Å²) in [5.41, 5.74) is 0.0661. The highest BCUT2D eigenvalue weighted by atomic mass is 32.2. The number of nitrogens with zero attached hydrogens (tertiary/aromatic N) is 2. The average molecular weight is 521 g/mol. The van der Waals surface area contributed by atoms with E-state index in [2.05, 4.69) is 15.6 Å². The average Bonchev–Trinajstić information content (AvgIpc) is 2.86. The maximum Gasteiger partial charge on any atom is 0.417 e. The summed E-state index contributed by atoms with van der Waals surface area (Å²) in [5, 5.41) is 7.60. The van der Waals surface area contributed by atoms with Crippen LogP contribution >= 0.6 is 0 Å². The highest BCUT2D eigenvalue weighted by Gasteiger charge is 2.35. The van der Waals surface area contributed by atoms with E-state index >= 15 is 0 Å². The van der Waals surface area contributed by atoms with Gasteiger partial charge in [0.25, 0.3) is 0 Å². The van der Waals surface area contributed by atoms with Crippen molar-refractivity contribution in [1.29, 1.82) is 0 Å². The SMILES string of the molecule is CN(C)S(=O)(=O)c1ccc(C(F)(F)F)c(-c2cc(NCCCC3CCCNC3)c3ccccc3n2)c1. The molecule has 1 unspecified atom stereocenters. The standard InChI is InChI=1S/C26H31F3N4O2S/c1-33(2)36(34,35)19-11-12-22(26(27,28)29)21(15-19)25-16-24(20-9-3-4-10-23(20)32-25)31-14-6-8-18-7-5-13-30-17-18/h3-4,9-12,15-16,18,30H,5-8,13-14,17H2,1-2H3,(H,31,32). The third-order valence-corrected chi connectivity index (χ3v) is 8.38. The van der Waals surface area contributed by atoms with E-state index in [9.17, 15) is 21.6 Å². The summed E-state index contributed by atoms with van der Waals surface area (Å²) in [4.78, 5) is 4.27. The first-order valence-corrected chi connectivity index (χ1v) is 13.5. The molecule has 1 aliphatic rings. The van der Waals surface area contributed by atoms with Gasteiger partial charge >= 0.3 is 6.18 Å². The Hall–Kier alpha value is -2.69. The van der Waals surface area contributed by atoms with E-state index in [1.807, 2.05) is 12.1 Å². The van der Waals surface area contributed by atoms with Gasteiger partial charge in [-0.05, 0) is 75.0 Å². The summed E-state index contributed by atoms with van der Waals surface area (Å²) in [6.45, 7) is 2.76. The van der Waals surface area contributed by atoms with E-state index < -0.39 is 21.8 Å². The lowest BCUT2D eigenvalue weighted by molar-refractivity contribution is -0.137. The van der Waals surface area contributed by atoms with Crippen LogP contribution in [0.1, 0.15) is 31.2 Å². The van der Waals surface area contributed by atoms with Crippen molar-refractivity contribution in [3.05, 3.63) is 54.1 Å². The monoisotopic (exact) mass is 520 g/mol. The van der Waals surface area contributed by atoms with Crippen molar-refractivity contribution in [1.82, 2.24) is 14.6 Å². The number of hydrogen-bond acceptors (Lipinski definition) is 5. The predicted octanol–water partition coefficient (Wildman–Crippen LogP) is 5.36. The molecule has 4 rings (SSSR count). The minimum Gasteiger partial charge on any atom is -0.384 e. The lowest BCUT2D eigenvalue weighted by atomic mass is 9.95. The second-order valence-corrected chi connectivity index (χ2v) is 11.5. The van der Waals surface area contributed by atoms with E-state index in [4.69, 9.17) is 0 Å². The molecule has 2 N–H and O–H groups in total. The van der Waals surface area contributed by atoms with Crippen molar-refractivity contribution < 1.29 is 21.6 Å². The van der Waals surface area contributed by atoms with E-state index in [0.717, 1.165) is 53.8 Å². The van der Waals surface area contributed by atoms with Crippen molar-refractivity contribution >= 4 is 26.6 Å². The second kappa shape index (κ2) is 10.7. The number of piperidine rings is 1. The van der Waals surface area contributed by atoms with Crippen LogP contribution in [0.25, 0.3) is 22.2 Å². The Morgan fingerprint density at radius 1 is 1.14 bits per heavy atom. The topological polar surface area (TPSA) is 74.3 Å². The zero-order valence-electron chi connectivity index (χ0n) is 20.4. The molecule has 0 amide bonds. The fourth-order valence-corrected chi connectivity index (χ4v) is 5.53. The molecule has 10 heteroatoms. The summed E-state index contributed by atoms with van der Waals surface area (Å²) < 4.78 is 68.2. The lowest BCUT2D eigenvalue weighted by Crippen LogP contribution is -2.29. The maximum absolute atomic E-state index is 14.0. The maximum atomic E-state index is 14.0. The number of fused-ring (bicyclic) bond motifs is 1. The van der Waals surface area contributed by atoms with Crippen LogP contribution in [0.5, 0.6) is 0 Å². The molecule has 1 fully saturated rings.